The highest BCUT2D eigenvalue weighted by Crippen LogP contribution is 2.32. The molecule has 1 heterocycles. The van der Waals surface area contributed by atoms with Gasteiger partial charge in [-0.25, -0.2) is 15.0 Å². The maximum Gasteiger partial charge on any atom is 0.167 e. The van der Waals surface area contributed by atoms with Crippen molar-refractivity contribution in [2.45, 2.75) is 26.7 Å². The van der Waals surface area contributed by atoms with Gasteiger partial charge in [-0.2, -0.15) is 0 Å². The average molecular weight is 397 g/mol. The second-order valence-corrected chi connectivity index (χ2v) is 7.09. The summed E-state index contributed by atoms with van der Waals surface area (Å²) >= 11 is 0. The van der Waals surface area contributed by atoms with Gasteiger partial charge in [0.2, 0.25) is 0 Å². The van der Waals surface area contributed by atoms with Crippen molar-refractivity contribution in [2.75, 3.05) is 0 Å². The topological polar surface area (TPSA) is 79.1 Å². The Morgan fingerprint density at radius 2 is 1.03 bits per heavy atom. The maximum absolute atomic E-state index is 10.4. The predicted molar refractivity (Wildman–Crippen MR) is 118 cm³/mol. The molecule has 0 bridgehead atoms. The van der Waals surface area contributed by atoms with Crippen molar-refractivity contribution in [3.8, 4) is 45.7 Å². The quantitative estimate of drug-likeness (QED) is 0.471. The molecule has 3 aromatic carbocycles. The van der Waals surface area contributed by atoms with E-state index in [9.17, 15) is 10.2 Å². The Hall–Kier alpha value is -3.73. The van der Waals surface area contributed by atoms with E-state index in [1.54, 1.807) is 36.4 Å². The summed E-state index contributed by atoms with van der Waals surface area (Å²) in [6.45, 7) is 4.24. The van der Waals surface area contributed by atoms with Gasteiger partial charge in [0.1, 0.15) is 11.5 Å². The van der Waals surface area contributed by atoms with E-state index in [0.717, 1.165) is 18.4 Å². The SMILES string of the molecule is CCc1cc(CC)cc(-c2nc(-c3ccccc3O)nc(-c3ccccc3O)n2)c1. The molecule has 0 aliphatic heterocycles. The lowest BCUT2D eigenvalue weighted by Gasteiger charge is -2.11. The van der Waals surface area contributed by atoms with Crippen LogP contribution in [0.25, 0.3) is 34.2 Å². The van der Waals surface area contributed by atoms with E-state index < -0.39 is 0 Å². The van der Waals surface area contributed by atoms with Crippen LogP contribution < -0.4 is 0 Å². The van der Waals surface area contributed by atoms with Gasteiger partial charge in [-0.3, -0.25) is 0 Å². The summed E-state index contributed by atoms with van der Waals surface area (Å²) in [4.78, 5) is 13.9. The number of aromatic nitrogens is 3. The molecule has 0 amide bonds. The average Bonchev–Trinajstić information content (AvgIpc) is 2.79. The Morgan fingerprint density at radius 3 is 1.47 bits per heavy atom. The van der Waals surface area contributed by atoms with Crippen LogP contribution in [-0.2, 0) is 12.8 Å². The first-order chi connectivity index (χ1) is 14.6. The zero-order valence-electron chi connectivity index (χ0n) is 17.0. The molecular formula is C25H23N3O2. The minimum absolute atomic E-state index is 0.0921. The molecular weight excluding hydrogens is 374 g/mol. The molecule has 2 N–H and O–H groups in total. The van der Waals surface area contributed by atoms with Crippen molar-refractivity contribution in [1.82, 2.24) is 15.0 Å². The largest absolute Gasteiger partial charge is 0.507 e. The van der Waals surface area contributed by atoms with Crippen LogP contribution in [0, 0.1) is 0 Å². The molecule has 1 aromatic heterocycles. The molecule has 5 nitrogen and oxygen atoms in total. The summed E-state index contributed by atoms with van der Waals surface area (Å²) in [5.41, 5.74) is 4.33. The summed E-state index contributed by atoms with van der Waals surface area (Å²) in [5.74, 6) is 1.41. The third kappa shape index (κ3) is 3.87. The van der Waals surface area contributed by atoms with Crippen LogP contribution in [0.15, 0.2) is 66.7 Å². The molecule has 0 spiro atoms. The van der Waals surface area contributed by atoms with Crippen LogP contribution in [0.1, 0.15) is 25.0 Å². The highest BCUT2D eigenvalue weighted by molar-refractivity contribution is 5.72. The Morgan fingerprint density at radius 1 is 0.600 bits per heavy atom. The first-order valence-electron chi connectivity index (χ1n) is 10.0. The number of rotatable bonds is 5. The van der Waals surface area contributed by atoms with E-state index in [0.29, 0.717) is 28.6 Å². The molecule has 150 valence electrons. The molecule has 0 fully saturated rings. The van der Waals surface area contributed by atoms with Crippen molar-refractivity contribution < 1.29 is 10.2 Å². The number of aromatic hydroxyl groups is 2. The van der Waals surface area contributed by atoms with Gasteiger partial charge in [0.25, 0.3) is 0 Å². The van der Waals surface area contributed by atoms with E-state index in [1.807, 2.05) is 12.1 Å². The van der Waals surface area contributed by atoms with Crippen LogP contribution in [0.2, 0.25) is 0 Å². The van der Waals surface area contributed by atoms with E-state index in [-0.39, 0.29) is 11.5 Å². The number of phenolic OH excluding ortho intramolecular Hbond substituents is 2. The molecule has 0 atom stereocenters. The molecule has 0 saturated carbocycles. The molecule has 0 aliphatic carbocycles. The smallest absolute Gasteiger partial charge is 0.167 e. The van der Waals surface area contributed by atoms with E-state index in [4.69, 9.17) is 0 Å². The first-order valence-corrected chi connectivity index (χ1v) is 10.0. The Balaban J connectivity index is 1.97. The van der Waals surface area contributed by atoms with E-state index in [2.05, 4.69) is 47.0 Å². The fourth-order valence-corrected chi connectivity index (χ4v) is 3.37. The standard InChI is InChI=1S/C25H23N3O2/c1-3-16-13-17(4-2)15-18(14-16)23-26-24(19-9-5-7-11-21(19)29)28-25(27-23)20-10-6-8-12-22(20)30/h5-15,29-30H,3-4H2,1-2H3. The summed E-state index contributed by atoms with van der Waals surface area (Å²) in [7, 11) is 0. The molecule has 4 aromatic rings. The monoisotopic (exact) mass is 397 g/mol. The molecule has 0 saturated heterocycles. The van der Waals surface area contributed by atoms with Gasteiger partial charge in [0.05, 0.1) is 11.1 Å². The van der Waals surface area contributed by atoms with Gasteiger partial charge < -0.3 is 10.2 Å². The van der Waals surface area contributed by atoms with Crippen LogP contribution in [0.4, 0.5) is 0 Å². The van der Waals surface area contributed by atoms with Crippen molar-refractivity contribution in [3.05, 3.63) is 77.9 Å². The number of aryl methyl sites for hydroxylation is 2. The summed E-state index contributed by atoms with van der Waals surface area (Å²) in [6, 6.07) is 20.2. The fourth-order valence-electron chi connectivity index (χ4n) is 3.37. The normalized spacial score (nSPS) is 10.9. The fraction of sp³-hybridized carbons (Fsp3) is 0.160. The van der Waals surface area contributed by atoms with Gasteiger partial charge in [0, 0.05) is 5.56 Å². The molecule has 0 radical (unpaired) electrons. The van der Waals surface area contributed by atoms with Gasteiger partial charge in [-0.15, -0.1) is 0 Å². The van der Waals surface area contributed by atoms with Crippen LogP contribution in [0.3, 0.4) is 0 Å². The summed E-state index contributed by atoms with van der Waals surface area (Å²) in [6.07, 6.45) is 1.81. The Labute approximate surface area is 175 Å². The van der Waals surface area contributed by atoms with Crippen molar-refractivity contribution in [1.29, 1.82) is 0 Å². The number of para-hydroxylation sites is 2. The zero-order valence-corrected chi connectivity index (χ0v) is 17.0. The maximum atomic E-state index is 10.4. The lowest BCUT2D eigenvalue weighted by atomic mass is 10.0. The molecule has 0 unspecified atom stereocenters. The van der Waals surface area contributed by atoms with Crippen LogP contribution >= 0.6 is 0 Å². The number of hydrogen-bond donors (Lipinski definition) is 2. The Kier molecular flexibility index (Phi) is 5.44. The molecule has 30 heavy (non-hydrogen) atoms. The van der Waals surface area contributed by atoms with Gasteiger partial charge in [-0.05, 0) is 60.4 Å². The number of hydrogen-bond acceptors (Lipinski definition) is 5. The molecule has 5 heteroatoms. The number of nitrogens with zero attached hydrogens (tertiary/aromatic N) is 3. The van der Waals surface area contributed by atoms with E-state index >= 15 is 0 Å². The van der Waals surface area contributed by atoms with Crippen LogP contribution in [-0.4, -0.2) is 25.2 Å². The highest BCUT2D eigenvalue weighted by Gasteiger charge is 2.16. The second-order valence-electron chi connectivity index (χ2n) is 7.09. The van der Waals surface area contributed by atoms with Crippen molar-refractivity contribution in [2.24, 2.45) is 0 Å². The lowest BCUT2D eigenvalue weighted by molar-refractivity contribution is 0.477. The number of benzene rings is 3. The number of phenols is 2. The third-order valence-electron chi connectivity index (χ3n) is 5.05. The second kappa shape index (κ2) is 8.33. The third-order valence-corrected chi connectivity index (χ3v) is 5.05. The van der Waals surface area contributed by atoms with E-state index in [1.165, 1.54) is 11.1 Å². The van der Waals surface area contributed by atoms with Crippen molar-refractivity contribution in [3.63, 3.8) is 0 Å². The lowest BCUT2D eigenvalue weighted by Crippen LogP contribution is -2.01. The van der Waals surface area contributed by atoms with Gasteiger partial charge >= 0.3 is 0 Å². The first kappa shape index (κ1) is 19.6. The van der Waals surface area contributed by atoms with Crippen LogP contribution in [0.5, 0.6) is 11.5 Å². The highest BCUT2D eigenvalue weighted by atomic mass is 16.3. The Bertz CT molecular complexity index is 1120. The zero-order chi connectivity index (χ0) is 21.1. The van der Waals surface area contributed by atoms with Crippen molar-refractivity contribution >= 4 is 0 Å². The van der Waals surface area contributed by atoms with Gasteiger partial charge in [0.15, 0.2) is 17.5 Å². The molecule has 0 aliphatic rings. The molecule has 4 rings (SSSR count). The summed E-state index contributed by atoms with van der Waals surface area (Å²) in [5, 5.41) is 20.7. The van der Waals surface area contributed by atoms with Gasteiger partial charge in [-0.1, -0.05) is 44.2 Å². The minimum Gasteiger partial charge on any atom is -0.507 e. The predicted octanol–water partition coefficient (Wildman–Crippen LogP) is 5.41. The minimum atomic E-state index is 0.0921. The summed E-state index contributed by atoms with van der Waals surface area (Å²) < 4.78 is 0.